The third kappa shape index (κ3) is 8.85. The summed E-state index contributed by atoms with van der Waals surface area (Å²) < 4.78 is 19.0. The molecular weight excluding hydrogens is 1250 g/mol. The van der Waals surface area contributed by atoms with Crippen LogP contribution in [0.1, 0.15) is 0 Å². The average molecular weight is 1290 g/mol. The summed E-state index contributed by atoms with van der Waals surface area (Å²) in [6.45, 7) is 0. The van der Waals surface area contributed by atoms with Crippen LogP contribution in [0.25, 0.3) is 188 Å². The Balaban J connectivity index is 0.614. The number of hydrogen-bond donors (Lipinski definition) is 0. The molecule has 10 aromatic carbocycles. The first-order valence-electron chi connectivity index (χ1n) is 32.1. The Labute approximate surface area is 566 Å². The fourth-order valence-corrected chi connectivity index (χ4v) is 15.7. The summed E-state index contributed by atoms with van der Waals surface area (Å²) in [6, 6.07) is 88.3. The summed E-state index contributed by atoms with van der Waals surface area (Å²) >= 11 is 2.81. The number of rotatable bonds is 11. The quantitative estimate of drug-likeness (QED) is 0.122. The van der Waals surface area contributed by atoms with E-state index in [9.17, 15) is 0 Å². The number of nitrogens with zero attached hydrogens (tertiary/aromatic N) is 14. The largest absolute Gasteiger partial charge is 0.306 e. The Hall–Kier alpha value is -13.0. The summed E-state index contributed by atoms with van der Waals surface area (Å²) in [5, 5.41) is 10.3. The minimum atomic E-state index is 0.611. The Bertz CT molecular complexity index is 6550. The van der Waals surface area contributed by atoms with E-state index < -0.39 is 0 Å². The van der Waals surface area contributed by atoms with Crippen molar-refractivity contribution in [3.8, 4) is 101 Å². The van der Waals surface area contributed by atoms with E-state index in [2.05, 4.69) is 225 Å². The first-order valence-corrected chi connectivity index (χ1v) is 33.6. The zero-order chi connectivity index (χ0) is 64.4. The molecule has 0 saturated carbocycles. The zero-order valence-electron chi connectivity index (χ0n) is 51.8. The summed E-state index contributed by atoms with van der Waals surface area (Å²) in [7, 11) is 0. The van der Waals surface area contributed by atoms with Crippen molar-refractivity contribution in [1.29, 1.82) is 0 Å². The molecule has 0 aliphatic carbocycles. The SMILES string of the molecule is c1ccc(-c2ncc(-n3c4ccccc4c4c(-c5nsc(-c6cccc7c6c6ccccc6n7-c6cnc(-c7cccc(-c8cnc9c(c8)c8ccc(-c%10nsc(-c%11ccc%12c%13cccnc%13n(-c%13ccccc%13)c%12c%11)n%10)cc8n9-c8ccccc8)c7)nc6)n5)cccc43)cn2)cc1. The molecule has 458 valence electrons. The third-order valence-electron chi connectivity index (χ3n) is 18.7. The van der Waals surface area contributed by atoms with Crippen LogP contribution >= 0.6 is 23.1 Å². The van der Waals surface area contributed by atoms with Crippen molar-refractivity contribution in [3.63, 3.8) is 0 Å². The van der Waals surface area contributed by atoms with Gasteiger partial charge in [0, 0.05) is 106 Å². The fraction of sp³-hybridized carbons (Fsp3) is 0. The van der Waals surface area contributed by atoms with Crippen molar-refractivity contribution in [2.75, 3.05) is 0 Å². The minimum absolute atomic E-state index is 0.611. The van der Waals surface area contributed by atoms with Crippen molar-refractivity contribution < 1.29 is 0 Å². The van der Waals surface area contributed by atoms with Crippen molar-refractivity contribution in [3.05, 3.63) is 292 Å². The van der Waals surface area contributed by atoms with Crippen LogP contribution in [0.4, 0.5) is 0 Å². The van der Waals surface area contributed by atoms with Crippen LogP contribution in [-0.4, -0.2) is 66.9 Å². The normalized spacial score (nSPS) is 11.9. The Morgan fingerprint density at radius 3 is 1.42 bits per heavy atom. The topological polar surface area (TPSA) is 149 Å². The molecule has 0 bridgehead atoms. The van der Waals surface area contributed by atoms with Gasteiger partial charge in [0.1, 0.15) is 21.3 Å². The standard InChI is InChI=1S/C82H48N14S2/c1-4-18-49(19-5-1)75-84-45-57(46-85-75)93-67-31-12-10-26-62(67)73-64(28-15-33-69(73)93)78-90-82(98-92-78)65-29-16-34-70-74(65)63-27-11-13-32-68(63)94(70)58-47-86-76(87-48-58)51-21-14-20-50(40-51)54-41-66-60-37-35-52(42-71(60)96(80(66)88-44-54)56-24-8-3-9-25-56)77-89-81(97-91-77)53-36-38-59-61-30-17-39-83-79(61)95(72(59)43-53)55-22-6-2-7-23-55/h1-48H. The van der Waals surface area contributed by atoms with E-state index in [1.807, 2.05) is 85.7 Å². The van der Waals surface area contributed by atoms with Gasteiger partial charge in [0.2, 0.25) is 0 Å². The molecule has 0 atom stereocenters. The van der Waals surface area contributed by atoms with Crippen molar-refractivity contribution in [1.82, 2.24) is 66.9 Å². The van der Waals surface area contributed by atoms with E-state index in [4.69, 9.17) is 48.6 Å². The second-order valence-electron chi connectivity index (χ2n) is 24.2. The van der Waals surface area contributed by atoms with Crippen molar-refractivity contribution in [2.24, 2.45) is 0 Å². The first kappa shape index (κ1) is 55.4. The lowest BCUT2D eigenvalue weighted by Crippen LogP contribution is -1.98. The molecule has 20 rings (SSSR count). The van der Waals surface area contributed by atoms with Crippen molar-refractivity contribution >= 4 is 111 Å². The molecule has 14 nitrogen and oxygen atoms in total. The van der Waals surface area contributed by atoms with Gasteiger partial charge < -0.3 is 9.13 Å². The number of fused-ring (bicyclic) bond motifs is 12. The molecule has 10 aromatic heterocycles. The Morgan fingerprint density at radius 2 is 0.735 bits per heavy atom. The number of benzene rings is 10. The molecule has 0 unspecified atom stereocenters. The Kier molecular flexibility index (Phi) is 12.6. The molecule has 16 heteroatoms. The maximum absolute atomic E-state index is 5.36. The van der Waals surface area contributed by atoms with Gasteiger partial charge in [-0.15, -0.1) is 0 Å². The summed E-state index contributed by atoms with van der Waals surface area (Å²) in [4.78, 5) is 40.4. The van der Waals surface area contributed by atoms with Gasteiger partial charge in [-0.2, -0.15) is 8.75 Å². The molecule has 0 spiro atoms. The van der Waals surface area contributed by atoms with Crippen LogP contribution in [0, 0.1) is 0 Å². The lowest BCUT2D eigenvalue weighted by atomic mass is 10.0. The predicted octanol–water partition coefficient (Wildman–Crippen LogP) is 19.8. The second kappa shape index (κ2) is 22.3. The van der Waals surface area contributed by atoms with Crippen LogP contribution in [0.2, 0.25) is 0 Å². The van der Waals surface area contributed by atoms with Gasteiger partial charge in [-0.3, -0.25) is 9.13 Å². The average Bonchev–Trinajstić information content (AvgIpc) is 1.59. The van der Waals surface area contributed by atoms with E-state index in [1.54, 1.807) is 0 Å². The highest BCUT2D eigenvalue weighted by atomic mass is 32.1. The van der Waals surface area contributed by atoms with Crippen LogP contribution < -0.4 is 0 Å². The summed E-state index contributed by atoms with van der Waals surface area (Å²) in [6.07, 6.45) is 11.5. The van der Waals surface area contributed by atoms with Crippen LogP contribution in [0.3, 0.4) is 0 Å². The second-order valence-corrected chi connectivity index (χ2v) is 25.7. The summed E-state index contributed by atoms with van der Waals surface area (Å²) in [5.41, 5.74) is 19.4. The highest BCUT2D eigenvalue weighted by Gasteiger charge is 2.24. The third-order valence-corrected chi connectivity index (χ3v) is 20.2. The van der Waals surface area contributed by atoms with Gasteiger partial charge in [-0.25, -0.2) is 39.9 Å². The number of aromatic nitrogens is 14. The monoisotopic (exact) mass is 1290 g/mol. The molecule has 0 aliphatic rings. The molecule has 0 saturated heterocycles. The van der Waals surface area contributed by atoms with Crippen LogP contribution in [0.5, 0.6) is 0 Å². The number of hydrogen-bond acceptors (Lipinski definition) is 12. The highest BCUT2D eigenvalue weighted by molar-refractivity contribution is 7.09. The minimum Gasteiger partial charge on any atom is -0.306 e. The van der Waals surface area contributed by atoms with Gasteiger partial charge >= 0.3 is 0 Å². The highest BCUT2D eigenvalue weighted by Crippen LogP contribution is 2.44. The van der Waals surface area contributed by atoms with Gasteiger partial charge in [-0.1, -0.05) is 170 Å². The van der Waals surface area contributed by atoms with Gasteiger partial charge in [-0.05, 0) is 114 Å². The first-order chi connectivity index (χ1) is 48.6. The molecule has 0 radical (unpaired) electrons. The molecule has 0 aliphatic heterocycles. The van der Waals surface area contributed by atoms with Crippen molar-refractivity contribution in [2.45, 2.75) is 0 Å². The van der Waals surface area contributed by atoms with E-state index in [0.717, 1.165) is 165 Å². The molecular formula is C82H48N14S2. The van der Waals surface area contributed by atoms with E-state index in [-0.39, 0.29) is 0 Å². The zero-order valence-corrected chi connectivity index (χ0v) is 53.4. The lowest BCUT2D eigenvalue weighted by molar-refractivity contribution is 1.08. The molecule has 10 heterocycles. The van der Waals surface area contributed by atoms with E-state index in [0.29, 0.717) is 23.3 Å². The molecule has 20 aromatic rings. The molecule has 0 fully saturated rings. The van der Waals surface area contributed by atoms with Gasteiger partial charge in [0.25, 0.3) is 0 Å². The number of para-hydroxylation sites is 4. The van der Waals surface area contributed by atoms with E-state index in [1.165, 1.54) is 23.1 Å². The van der Waals surface area contributed by atoms with Crippen LogP contribution in [0.15, 0.2) is 292 Å². The maximum atomic E-state index is 5.36. The molecule has 98 heavy (non-hydrogen) atoms. The predicted molar refractivity (Wildman–Crippen MR) is 396 cm³/mol. The maximum Gasteiger partial charge on any atom is 0.174 e. The van der Waals surface area contributed by atoms with E-state index >= 15 is 0 Å². The number of pyridine rings is 2. The summed E-state index contributed by atoms with van der Waals surface area (Å²) in [5.74, 6) is 2.62. The Morgan fingerprint density at radius 1 is 0.245 bits per heavy atom. The molecule has 0 N–H and O–H groups in total. The van der Waals surface area contributed by atoms with Gasteiger partial charge in [0.15, 0.2) is 23.3 Å². The smallest absolute Gasteiger partial charge is 0.174 e. The molecule has 0 amide bonds. The van der Waals surface area contributed by atoms with Crippen LogP contribution in [-0.2, 0) is 0 Å². The van der Waals surface area contributed by atoms with Gasteiger partial charge in [0.05, 0.1) is 69.3 Å². The fourth-order valence-electron chi connectivity index (χ4n) is 14.3. The lowest BCUT2D eigenvalue weighted by Gasteiger charge is -2.09.